The summed E-state index contributed by atoms with van der Waals surface area (Å²) in [7, 11) is -3.80. The molecule has 0 aliphatic heterocycles. The standard InChI is InChI=1S/C23H22N4O5S2/c1-15(2)11-20-25-27-21(28)13-18(24-23(27)33-20)14-32-22(29)16-7-6-8-17(12-16)26-34(30,31)19-9-4-3-5-10-19/h3-10,12-13,15,26H,11,14H2,1-2H3. The molecule has 2 heterocycles. The molecule has 0 fully saturated rings. The van der Waals surface area contributed by atoms with Crippen molar-refractivity contribution in [3.05, 3.63) is 87.3 Å². The van der Waals surface area contributed by atoms with Gasteiger partial charge in [-0.2, -0.15) is 9.61 Å². The van der Waals surface area contributed by atoms with Crippen LogP contribution in [0.4, 0.5) is 5.69 Å². The zero-order chi connectivity index (χ0) is 24.3. The molecular formula is C23H22N4O5S2. The molecule has 0 saturated carbocycles. The molecule has 4 rings (SSSR count). The van der Waals surface area contributed by atoms with Crippen molar-refractivity contribution in [3.8, 4) is 0 Å². The van der Waals surface area contributed by atoms with E-state index in [2.05, 4.69) is 28.7 Å². The SMILES string of the molecule is CC(C)Cc1nn2c(=O)cc(COC(=O)c3cccc(NS(=O)(=O)c4ccccc4)c3)nc2s1. The first-order chi connectivity index (χ1) is 16.2. The monoisotopic (exact) mass is 498 g/mol. The quantitative estimate of drug-likeness (QED) is 0.369. The molecule has 2 aromatic carbocycles. The molecule has 2 aromatic heterocycles. The average molecular weight is 499 g/mol. The van der Waals surface area contributed by atoms with Crippen LogP contribution in [0.5, 0.6) is 0 Å². The number of carbonyl (C=O) groups excluding carboxylic acids is 1. The third-order valence-electron chi connectivity index (χ3n) is 4.68. The van der Waals surface area contributed by atoms with E-state index in [1.807, 2.05) is 0 Å². The highest BCUT2D eigenvalue weighted by Crippen LogP contribution is 2.19. The lowest BCUT2D eigenvalue weighted by atomic mass is 10.1. The Balaban J connectivity index is 1.46. The van der Waals surface area contributed by atoms with E-state index in [-0.39, 0.29) is 28.3 Å². The minimum Gasteiger partial charge on any atom is -0.456 e. The molecular weight excluding hydrogens is 476 g/mol. The van der Waals surface area contributed by atoms with Gasteiger partial charge in [0.1, 0.15) is 11.6 Å². The van der Waals surface area contributed by atoms with Crippen molar-refractivity contribution < 1.29 is 17.9 Å². The Kier molecular flexibility index (Phi) is 6.75. The second-order valence-corrected chi connectivity index (χ2v) is 10.7. The number of esters is 1. The lowest BCUT2D eigenvalue weighted by Gasteiger charge is -2.09. The highest BCUT2D eigenvalue weighted by molar-refractivity contribution is 7.92. The number of hydrogen-bond acceptors (Lipinski definition) is 8. The van der Waals surface area contributed by atoms with Crippen LogP contribution in [0.1, 0.15) is 34.9 Å². The van der Waals surface area contributed by atoms with Crippen molar-refractivity contribution in [2.24, 2.45) is 5.92 Å². The summed E-state index contributed by atoms with van der Waals surface area (Å²) in [6, 6.07) is 15.2. The number of rotatable bonds is 8. The van der Waals surface area contributed by atoms with Crippen LogP contribution in [0.25, 0.3) is 4.96 Å². The Bertz CT molecular complexity index is 1490. The van der Waals surface area contributed by atoms with Crippen molar-refractivity contribution >= 4 is 38.0 Å². The fraction of sp³-hybridized carbons (Fsp3) is 0.217. The van der Waals surface area contributed by atoms with Crippen LogP contribution in [-0.2, 0) is 27.8 Å². The van der Waals surface area contributed by atoms with Gasteiger partial charge in [0.2, 0.25) is 4.96 Å². The Labute approximate surface area is 200 Å². The molecule has 0 aliphatic carbocycles. The average Bonchev–Trinajstić information content (AvgIpc) is 3.20. The normalized spacial score (nSPS) is 11.6. The highest BCUT2D eigenvalue weighted by Gasteiger charge is 2.16. The summed E-state index contributed by atoms with van der Waals surface area (Å²) in [6.45, 7) is 3.92. The van der Waals surface area contributed by atoms with Crippen LogP contribution in [0, 0.1) is 5.92 Å². The Morgan fingerprint density at radius 2 is 1.88 bits per heavy atom. The maximum atomic E-state index is 12.6. The fourth-order valence-electron chi connectivity index (χ4n) is 3.15. The highest BCUT2D eigenvalue weighted by atomic mass is 32.2. The first kappa shape index (κ1) is 23.6. The summed E-state index contributed by atoms with van der Waals surface area (Å²) in [6.07, 6.45) is 0.738. The summed E-state index contributed by atoms with van der Waals surface area (Å²) >= 11 is 1.33. The second-order valence-electron chi connectivity index (χ2n) is 7.95. The fourth-order valence-corrected chi connectivity index (χ4v) is 5.35. The number of nitrogens with one attached hydrogen (secondary N) is 1. The smallest absolute Gasteiger partial charge is 0.338 e. The maximum Gasteiger partial charge on any atom is 0.338 e. The molecule has 4 aromatic rings. The molecule has 0 bridgehead atoms. The Hall–Kier alpha value is -3.57. The zero-order valence-corrected chi connectivity index (χ0v) is 20.1. The van der Waals surface area contributed by atoms with Gasteiger partial charge in [-0.05, 0) is 36.2 Å². The first-order valence-corrected chi connectivity index (χ1v) is 12.7. The minimum absolute atomic E-state index is 0.107. The molecule has 0 aliphatic rings. The van der Waals surface area contributed by atoms with Gasteiger partial charge >= 0.3 is 5.97 Å². The van der Waals surface area contributed by atoms with Crippen molar-refractivity contribution in [2.45, 2.75) is 31.8 Å². The summed E-state index contributed by atoms with van der Waals surface area (Å²) in [4.78, 5) is 29.9. The zero-order valence-electron chi connectivity index (χ0n) is 18.5. The number of hydrogen-bond donors (Lipinski definition) is 1. The molecule has 34 heavy (non-hydrogen) atoms. The van der Waals surface area contributed by atoms with Gasteiger partial charge in [0.15, 0.2) is 0 Å². The van der Waals surface area contributed by atoms with Gasteiger partial charge in [0, 0.05) is 18.2 Å². The molecule has 0 radical (unpaired) electrons. The van der Waals surface area contributed by atoms with E-state index < -0.39 is 16.0 Å². The van der Waals surface area contributed by atoms with E-state index in [0.717, 1.165) is 11.4 Å². The van der Waals surface area contributed by atoms with Crippen LogP contribution in [0.3, 0.4) is 0 Å². The van der Waals surface area contributed by atoms with Crippen LogP contribution in [0.2, 0.25) is 0 Å². The van der Waals surface area contributed by atoms with Gasteiger partial charge in [-0.15, -0.1) is 0 Å². The van der Waals surface area contributed by atoms with Crippen molar-refractivity contribution in [1.29, 1.82) is 0 Å². The van der Waals surface area contributed by atoms with E-state index in [1.54, 1.807) is 24.3 Å². The molecule has 176 valence electrons. The topological polar surface area (TPSA) is 120 Å². The Morgan fingerprint density at radius 3 is 2.62 bits per heavy atom. The third-order valence-corrected chi connectivity index (χ3v) is 7.01. The molecule has 0 saturated heterocycles. The van der Waals surface area contributed by atoms with Crippen LogP contribution in [-0.4, -0.2) is 29.0 Å². The van der Waals surface area contributed by atoms with E-state index in [0.29, 0.717) is 16.6 Å². The van der Waals surface area contributed by atoms with Crippen molar-refractivity contribution in [1.82, 2.24) is 14.6 Å². The molecule has 0 unspecified atom stereocenters. The lowest BCUT2D eigenvalue weighted by Crippen LogP contribution is -2.17. The van der Waals surface area contributed by atoms with Gasteiger partial charge < -0.3 is 4.74 Å². The molecule has 1 N–H and O–H groups in total. The van der Waals surface area contributed by atoms with Crippen LogP contribution < -0.4 is 10.3 Å². The van der Waals surface area contributed by atoms with Crippen LogP contribution >= 0.6 is 11.3 Å². The van der Waals surface area contributed by atoms with Gasteiger partial charge in [-0.25, -0.2) is 18.2 Å². The number of fused-ring (bicyclic) bond motifs is 1. The molecule has 9 nitrogen and oxygen atoms in total. The molecule has 0 spiro atoms. The van der Waals surface area contributed by atoms with Gasteiger partial charge in [0.05, 0.1) is 16.2 Å². The summed E-state index contributed by atoms with van der Waals surface area (Å²) < 4.78 is 34.1. The third kappa shape index (κ3) is 5.49. The van der Waals surface area contributed by atoms with E-state index in [4.69, 9.17) is 4.74 Å². The number of ether oxygens (including phenoxy) is 1. The molecule has 11 heteroatoms. The number of sulfonamides is 1. The minimum atomic E-state index is -3.80. The summed E-state index contributed by atoms with van der Waals surface area (Å²) in [5.74, 6) is -0.280. The van der Waals surface area contributed by atoms with Gasteiger partial charge in [-0.3, -0.25) is 9.52 Å². The van der Waals surface area contributed by atoms with Crippen LogP contribution in [0.15, 0.2) is 70.4 Å². The number of anilines is 1. The lowest BCUT2D eigenvalue weighted by molar-refractivity contribution is 0.0468. The summed E-state index contributed by atoms with van der Waals surface area (Å²) in [5, 5.41) is 5.10. The maximum absolute atomic E-state index is 12.6. The second kappa shape index (κ2) is 9.74. The number of benzene rings is 2. The molecule has 0 atom stereocenters. The molecule has 0 amide bonds. The largest absolute Gasteiger partial charge is 0.456 e. The van der Waals surface area contributed by atoms with Crippen molar-refractivity contribution in [3.63, 3.8) is 0 Å². The number of aromatic nitrogens is 3. The van der Waals surface area contributed by atoms with Gasteiger partial charge in [0.25, 0.3) is 15.6 Å². The predicted octanol–water partition coefficient (Wildman–Crippen LogP) is 3.51. The van der Waals surface area contributed by atoms with E-state index in [1.165, 1.54) is 52.3 Å². The number of nitrogens with zero attached hydrogens (tertiary/aromatic N) is 3. The van der Waals surface area contributed by atoms with Crippen molar-refractivity contribution in [2.75, 3.05) is 4.72 Å². The van der Waals surface area contributed by atoms with E-state index in [9.17, 15) is 18.0 Å². The predicted molar refractivity (Wildman–Crippen MR) is 128 cm³/mol. The first-order valence-electron chi connectivity index (χ1n) is 10.4. The van der Waals surface area contributed by atoms with E-state index >= 15 is 0 Å². The number of carbonyl (C=O) groups is 1. The summed E-state index contributed by atoms with van der Waals surface area (Å²) in [5.41, 5.74) is 0.333. The van der Waals surface area contributed by atoms with Gasteiger partial charge in [-0.1, -0.05) is 49.4 Å². The Morgan fingerprint density at radius 1 is 1.12 bits per heavy atom.